The van der Waals surface area contributed by atoms with E-state index in [1.54, 1.807) is 24.3 Å². The number of hydrogen-bond acceptors (Lipinski definition) is 6. The highest BCUT2D eigenvalue weighted by atomic mass is 32.2. The monoisotopic (exact) mass is 405 g/mol. The summed E-state index contributed by atoms with van der Waals surface area (Å²) in [7, 11) is -2.05. The number of para-hydroxylation sites is 1. The lowest BCUT2D eigenvalue weighted by Crippen LogP contribution is -2.28. The molecule has 0 fully saturated rings. The number of sulfone groups is 1. The summed E-state index contributed by atoms with van der Waals surface area (Å²) in [5, 5.41) is 2.62. The van der Waals surface area contributed by atoms with Crippen LogP contribution in [-0.2, 0) is 30.7 Å². The summed E-state index contributed by atoms with van der Waals surface area (Å²) in [6.45, 7) is 1.60. The molecule has 0 saturated carbocycles. The van der Waals surface area contributed by atoms with Gasteiger partial charge in [-0.15, -0.1) is 0 Å². The first-order valence-electron chi connectivity index (χ1n) is 8.65. The standard InChI is InChI=1S/C20H23NO6S/c1-15-7-9-17(10-8-15)28(24,25)12-11-20(23)27-14-19(22)21-13-16-5-3-4-6-18(16)26-2/h3-10H,11-14H2,1-2H3,(H,21,22). The topological polar surface area (TPSA) is 98.8 Å². The van der Waals surface area contributed by atoms with E-state index in [-0.39, 0.29) is 23.6 Å². The van der Waals surface area contributed by atoms with Crippen molar-refractivity contribution >= 4 is 21.7 Å². The van der Waals surface area contributed by atoms with Crippen molar-refractivity contribution in [1.82, 2.24) is 5.32 Å². The lowest BCUT2D eigenvalue weighted by atomic mass is 10.2. The SMILES string of the molecule is COc1ccccc1CNC(=O)COC(=O)CCS(=O)(=O)c1ccc(C)cc1. The molecule has 2 aromatic rings. The molecule has 150 valence electrons. The van der Waals surface area contributed by atoms with E-state index in [9.17, 15) is 18.0 Å². The van der Waals surface area contributed by atoms with Gasteiger partial charge in [0.2, 0.25) is 0 Å². The van der Waals surface area contributed by atoms with Crippen molar-refractivity contribution in [3.63, 3.8) is 0 Å². The summed E-state index contributed by atoms with van der Waals surface area (Å²) in [5.41, 5.74) is 1.73. The van der Waals surface area contributed by atoms with Crippen LogP contribution >= 0.6 is 0 Å². The van der Waals surface area contributed by atoms with Crippen molar-refractivity contribution in [2.24, 2.45) is 0 Å². The summed E-state index contributed by atoms with van der Waals surface area (Å²) >= 11 is 0. The second-order valence-electron chi connectivity index (χ2n) is 6.13. The zero-order chi connectivity index (χ0) is 20.6. The fourth-order valence-corrected chi connectivity index (χ4v) is 3.62. The maximum atomic E-state index is 12.2. The van der Waals surface area contributed by atoms with Crippen LogP contribution < -0.4 is 10.1 Å². The number of ether oxygens (including phenoxy) is 2. The van der Waals surface area contributed by atoms with Gasteiger partial charge >= 0.3 is 5.97 Å². The van der Waals surface area contributed by atoms with E-state index in [4.69, 9.17) is 9.47 Å². The van der Waals surface area contributed by atoms with Gasteiger partial charge in [0.1, 0.15) is 5.75 Å². The fraction of sp³-hybridized carbons (Fsp3) is 0.300. The van der Waals surface area contributed by atoms with Crippen LogP contribution in [0.25, 0.3) is 0 Å². The zero-order valence-electron chi connectivity index (χ0n) is 15.8. The van der Waals surface area contributed by atoms with Gasteiger partial charge in [-0.05, 0) is 25.1 Å². The molecule has 0 bridgehead atoms. The normalized spacial score (nSPS) is 10.9. The van der Waals surface area contributed by atoms with E-state index in [1.807, 2.05) is 19.1 Å². The summed E-state index contributed by atoms with van der Waals surface area (Å²) in [6, 6.07) is 13.6. The minimum atomic E-state index is -3.58. The smallest absolute Gasteiger partial charge is 0.307 e. The average Bonchev–Trinajstić information content (AvgIpc) is 2.69. The highest BCUT2D eigenvalue weighted by Gasteiger charge is 2.17. The highest BCUT2D eigenvalue weighted by molar-refractivity contribution is 7.91. The van der Waals surface area contributed by atoms with Gasteiger partial charge < -0.3 is 14.8 Å². The molecule has 2 rings (SSSR count). The van der Waals surface area contributed by atoms with Crippen LogP contribution in [0.3, 0.4) is 0 Å². The molecule has 28 heavy (non-hydrogen) atoms. The molecule has 2 aromatic carbocycles. The minimum Gasteiger partial charge on any atom is -0.496 e. The third-order valence-electron chi connectivity index (χ3n) is 3.99. The molecule has 0 spiro atoms. The number of benzene rings is 2. The number of carbonyl (C=O) groups excluding carboxylic acids is 2. The van der Waals surface area contributed by atoms with Crippen molar-refractivity contribution in [1.29, 1.82) is 0 Å². The van der Waals surface area contributed by atoms with Gasteiger partial charge in [0.05, 0.1) is 24.2 Å². The Morgan fingerprint density at radius 2 is 1.71 bits per heavy atom. The Hall–Kier alpha value is -2.87. The van der Waals surface area contributed by atoms with E-state index in [0.29, 0.717) is 5.75 Å². The molecule has 8 heteroatoms. The van der Waals surface area contributed by atoms with Crippen LogP contribution in [0.5, 0.6) is 5.75 Å². The van der Waals surface area contributed by atoms with Gasteiger partial charge in [-0.1, -0.05) is 35.9 Å². The molecule has 0 saturated heterocycles. The van der Waals surface area contributed by atoms with Gasteiger partial charge in [-0.3, -0.25) is 9.59 Å². The van der Waals surface area contributed by atoms with Crippen molar-refractivity contribution in [3.8, 4) is 5.75 Å². The number of esters is 1. The third kappa shape index (κ3) is 6.38. The lowest BCUT2D eigenvalue weighted by Gasteiger charge is -2.10. The predicted molar refractivity (Wildman–Crippen MR) is 104 cm³/mol. The molecule has 0 aromatic heterocycles. The third-order valence-corrected chi connectivity index (χ3v) is 5.72. The number of carbonyl (C=O) groups is 2. The Kier molecular flexibility index (Phi) is 7.57. The molecule has 0 aliphatic carbocycles. The van der Waals surface area contributed by atoms with E-state index >= 15 is 0 Å². The molecule has 0 aliphatic heterocycles. The van der Waals surface area contributed by atoms with E-state index in [0.717, 1.165) is 11.1 Å². The predicted octanol–water partition coefficient (Wildman–Crippen LogP) is 2.03. The number of aryl methyl sites for hydroxylation is 1. The highest BCUT2D eigenvalue weighted by Crippen LogP contribution is 2.16. The fourth-order valence-electron chi connectivity index (χ4n) is 2.39. The first kappa shape index (κ1) is 21.4. The van der Waals surface area contributed by atoms with Crippen LogP contribution in [0.4, 0.5) is 0 Å². The molecule has 0 radical (unpaired) electrons. The van der Waals surface area contributed by atoms with Crippen molar-refractivity contribution in [2.75, 3.05) is 19.5 Å². The number of hydrogen-bond donors (Lipinski definition) is 1. The van der Waals surface area contributed by atoms with E-state index < -0.39 is 28.3 Å². The zero-order valence-corrected chi connectivity index (χ0v) is 16.6. The molecular formula is C20H23NO6S. The molecule has 1 N–H and O–H groups in total. The Balaban J connectivity index is 1.75. The second kappa shape index (κ2) is 9.89. The summed E-state index contributed by atoms with van der Waals surface area (Å²) in [6.07, 6.45) is -0.323. The second-order valence-corrected chi connectivity index (χ2v) is 8.24. The molecule has 0 atom stereocenters. The number of nitrogens with one attached hydrogen (secondary N) is 1. The van der Waals surface area contributed by atoms with Crippen LogP contribution in [0, 0.1) is 6.92 Å². The van der Waals surface area contributed by atoms with Crippen LogP contribution in [0.1, 0.15) is 17.5 Å². The van der Waals surface area contributed by atoms with E-state index in [2.05, 4.69) is 5.32 Å². The lowest BCUT2D eigenvalue weighted by molar-refractivity contribution is -0.148. The van der Waals surface area contributed by atoms with Crippen LogP contribution in [0.2, 0.25) is 0 Å². The summed E-state index contributed by atoms with van der Waals surface area (Å²) in [4.78, 5) is 23.7. The molecular weight excluding hydrogens is 382 g/mol. The molecule has 0 heterocycles. The first-order chi connectivity index (χ1) is 13.3. The Morgan fingerprint density at radius 3 is 2.39 bits per heavy atom. The number of amides is 1. The van der Waals surface area contributed by atoms with Crippen molar-refractivity contribution < 1.29 is 27.5 Å². The van der Waals surface area contributed by atoms with Crippen molar-refractivity contribution in [3.05, 3.63) is 59.7 Å². The summed E-state index contributed by atoms with van der Waals surface area (Å²) < 4.78 is 34.5. The molecule has 7 nitrogen and oxygen atoms in total. The molecule has 1 amide bonds. The molecule has 0 aliphatic rings. The maximum Gasteiger partial charge on any atom is 0.307 e. The van der Waals surface area contributed by atoms with Gasteiger partial charge in [0.15, 0.2) is 16.4 Å². The van der Waals surface area contributed by atoms with Crippen LogP contribution in [-0.4, -0.2) is 39.8 Å². The van der Waals surface area contributed by atoms with Gasteiger partial charge in [-0.25, -0.2) is 8.42 Å². The Bertz CT molecular complexity index is 922. The first-order valence-corrected chi connectivity index (χ1v) is 10.3. The number of rotatable bonds is 9. The van der Waals surface area contributed by atoms with E-state index in [1.165, 1.54) is 19.2 Å². The minimum absolute atomic E-state index is 0.153. The Morgan fingerprint density at radius 1 is 1.04 bits per heavy atom. The Labute approximate surface area is 164 Å². The van der Waals surface area contributed by atoms with Gasteiger partial charge in [-0.2, -0.15) is 0 Å². The summed E-state index contributed by atoms with van der Waals surface area (Å²) in [5.74, 6) is -0.970. The largest absolute Gasteiger partial charge is 0.496 e. The maximum absolute atomic E-state index is 12.2. The number of methoxy groups -OCH3 is 1. The average molecular weight is 405 g/mol. The van der Waals surface area contributed by atoms with Crippen LogP contribution in [0.15, 0.2) is 53.4 Å². The van der Waals surface area contributed by atoms with Crippen molar-refractivity contribution in [2.45, 2.75) is 24.8 Å². The van der Waals surface area contributed by atoms with Gasteiger partial charge in [0, 0.05) is 12.1 Å². The molecule has 0 unspecified atom stereocenters. The van der Waals surface area contributed by atoms with Gasteiger partial charge in [0.25, 0.3) is 5.91 Å². The quantitative estimate of drug-likeness (QED) is 0.641.